The van der Waals surface area contributed by atoms with Gasteiger partial charge in [0.25, 0.3) is 0 Å². The van der Waals surface area contributed by atoms with E-state index in [0.717, 1.165) is 206 Å². The lowest BCUT2D eigenvalue weighted by atomic mass is 9.85. The minimum atomic E-state index is -0.555. The minimum Gasteiger partial charge on any atom is -0.456 e. The van der Waals surface area contributed by atoms with Gasteiger partial charge >= 0.3 is 0 Å². The number of hydrogen-bond donors (Lipinski definition) is 0. The fourth-order valence-corrected chi connectivity index (χ4v) is 20.4. The zero-order valence-electron chi connectivity index (χ0n) is 96.4. The van der Waals surface area contributed by atoms with E-state index in [0.29, 0.717) is 28.3 Å². The van der Waals surface area contributed by atoms with Crippen molar-refractivity contribution in [3.05, 3.63) is 519 Å². The molecule has 0 atom stereocenters. The summed E-state index contributed by atoms with van der Waals surface area (Å²) < 4.78 is 190. The molecule has 143 heavy (non-hydrogen) atoms. The van der Waals surface area contributed by atoms with Crippen molar-refractivity contribution in [1.82, 2.24) is 0 Å². The van der Waals surface area contributed by atoms with Crippen LogP contribution in [0.1, 0.15) is 53.9 Å². The summed E-state index contributed by atoms with van der Waals surface area (Å²) in [5.74, 6) is 0. The Labute approximate surface area is 854 Å². The average molecular weight is 1850 g/mol. The lowest BCUT2D eigenvalue weighted by Crippen LogP contribution is -2.10. The fourth-order valence-electron chi connectivity index (χ4n) is 20.4. The number of benzene rings is 23. The lowest BCUT2D eigenvalue weighted by Gasteiger charge is -2.28. The monoisotopic (exact) mass is 1850 g/mol. The summed E-state index contributed by atoms with van der Waals surface area (Å²) in [6, 6.07) is 116. The van der Waals surface area contributed by atoms with Gasteiger partial charge in [0.05, 0.1) is 37.4 Å². The van der Waals surface area contributed by atoms with Crippen molar-refractivity contribution >= 4 is 188 Å². The van der Waals surface area contributed by atoms with Gasteiger partial charge in [0.15, 0.2) is 0 Å². The summed E-state index contributed by atoms with van der Waals surface area (Å²) in [4.78, 5) is 5.72. The topological polar surface area (TPSA) is 62.3 Å². The lowest BCUT2D eigenvalue weighted by molar-refractivity contribution is 0.668. The Morgan fingerprint density at radius 2 is 0.706 bits per heavy atom. The predicted molar refractivity (Wildman–Crippen MR) is 602 cm³/mol. The van der Waals surface area contributed by atoms with Crippen LogP contribution in [0.2, 0.25) is 0 Å². The van der Waals surface area contributed by atoms with E-state index in [-0.39, 0.29) is 92.9 Å². The van der Waals surface area contributed by atoms with Gasteiger partial charge in [-0.1, -0.05) is 339 Å². The number of anilines is 9. The molecule has 0 N–H and O–H groups in total. The number of aryl methyl sites for hydroxylation is 4. The number of nitrogens with zero attached hydrogens (tertiary/aromatic N) is 3. The molecule has 23 aromatic carbocycles. The van der Waals surface area contributed by atoms with Gasteiger partial charge in [-0.2, -0.15) is 0 Å². The highest BCUT2D eigenvalue weighted by Crippen LogP contribution is 2.51. The number of hydrogen-bond acceptors (Lipinski definition) is 7. The molecule has 0 aliphatic heterocycles. The average Bonchev–Trinajstić information content (AvgIpc) is 0.918. The molecule has 1 aliphatic carbocycles. The molecule has 676 valence electrons. The SMILES string of the molecule is [2H]c1c([2H])c([2H])c(-c2ccc3cc(N(c4ccc(C)cc4)c4ccc(-c5cc(C)cc6oc7ccccc7c56)cc4)ccc3c2)c([2H])c1[2H].[2H]c1c([2H])c([2H])c(N(c2ccc(-c3cc(-c4ccc5c(c4)oc4ccccc45)cc4oc5ccccc5c34)cc2)c2cccc3ccccc23)c([2H])c1[2H].[2H]c1c([2H])c([2H])c2c(c1[2H])c([2H])c(N(c1ccc(C=C)cc1)c1ccc(-c3ccc(-c4ccc5c(c4)CC5)c4oc5ccccc5c34)cc1)c1c([2H])c([2H])c([2H])c([2H])c12. The molecule has 0 unspecified atom stereocenters. The van der Waals surface area contributed by atoms with Crippen molar-refractivity contribution in [1.29, 1.82) is 0 Å². The third-order valence-electron chi connectivity index (χ3n) is 27.4. The summed E-state index contributed by atoms with van der Waals surface area (Å²) in [5.41, 5.74) is 28.8. The quantitative estimate of drug-likeness (QED) is 0.0893. The molecule has 1 aliphatic rings. The van der Waals surface area contributed by atoms with Crippen LogP contribution in [0.5, 0.6) is 0 Å². The van der Waals surface area contributed by atoms with Crippen LogP contribution >= 0.6 is 0 Å². The Hall–Kier alpha value is -18.6. The maximum atomic E-state index is 9.70. The first kappa shape index (κ1) is 66.8. The van der Waals surface area contributed by atoms with Crippen LogP contribution in [-0.2, 0) is 12.8 Å². The van der Waals surface area contributed by atoms with Gasteiger partial charge in [0.1, 0.15) is 44.7 Å². The van der Waals surface area contributed by atoms with Crippen LogP contribution in [-0.4, -0.2) is 0 Å². The highest BCUT2D eigenvalue weighted by molar-refractivity contribution is 6.20. The Balaban J connectivity index is 0.000000120. The molecule has 0 radical (unpaired) electrons. The van der Waals surface area contributed by atoms with Gasteiger partial charge in [-0.3, -0.25) is 0 Å². The first-order chi connectivity index (χ1) is 78.5. The molecule has 7 heteroatoms. The summed E-state index contributed by atoms with van der Waals surface area (Å²) >= 11 is 0. The number of rotatable bonds is 16. The van der Waals surface area contributed by atoms with E-state index in [2.05, 4.69) is 183 Å². The molecule has 0 fully saturated rings. The third kappa shape index (κ3) is 15.5. The summed E-state index contributed by atoms with van der Waals surface area (Å²) in [7, 11) is 0. The van der Waals surface area contributed by atoms with Crippen LogP contribution in [0.3, 0.4) is 0 Å². The van der Waals surface area contributed by atoms with Crippen molar-refractivity contribution in [2.24, 2.45) is 0 Å². The predicted octanol–water partition coefficient (Wildman–Crippen LogP) is 39.0. The molecule has 0 amide bonds. The van der Waals surface area contributed by atoms with Crippen molar-refractivity contribution in [2.75, 3.05) is 14.7 Å². The van der Waals surface area contributed by atoms with Gasteiger partial charge in [-0.05, 0) is 306 Å². The van der Waals surface area contributed by atoms with Crippen molar-refractivity contribution in [3.8, 4) is 66.8 Å². The molecule has 4 heterocycles. The Bertz CT molecular complexity index is 10900. The molecule has 0 saturated carbocycles. The van der Waals surface area contributed by atoms with E-state index < -0.39 is 60.4 Å². The van der Waals surface area contributed by atoms with Crippen LogP contribution < -0.4 is 14.7 Å². The molecule has 28 rings (SSSR count). The molecule has 0 spiro atoms. The van der Waals surface area contributed by atoms with E-state index in [1.54, 1.807) is 15.9 Å². The number of fused-ring (bicyclic) bond motifs is 18. The van der Waals surface area contributed by atoms with Crippen molar-refractivity contribution < 1.29 is 43.7 Å². The van der Waals surface area contributed by atoms with E-state index in [1.807, 2.05) is 212 Å². The van der Waals surface area contributed by atoms with E-state index in [4.69, 9.17) is 41.0 Å². The Morgan fingerprint density at radius 1 is 0.238 bits per heavy atom. The molecular weight excluding hydrogens is 1740 g/mol. The van der Waals surface area contributed by atoms with Crippen molar-refractivity contribution in [3.63, 3.8) is 0 Å². The largest absolute Gasteiger partial charge is 0.456 e. The van der Waals surface area contributed by atoms with E-state index >= 15 is 0 Å². The Kier molecular flexibility index (Phi) is 16.7. The second-order valence-electron chi connectivity index (χ2n) is 36.0. The number of para-hydroxylation sites is 5. The molecule has 0 bridgehead atoms. The van der Waals surface area contributed by atoms with Crippen LogP contribution in [0.25, 0.3) is 204 Å². The van der Waals surface area contributed by atoms with Gasteiger partial charge in [-0.15, -0.1) is 0 Å². The van der Waals surface area contributed by atoms with Crippen LogP contribution in [0.15, 0.2) is 509 Å². The summed E-state index contributed by atoms with van der Waals surface area (Å²) in [6.07, 6.45) is 3.87. The minimum absolute atomic E-state index is 0.0339. The van der Waals surface area contributed by atoms with Crippen LogP contribution in [0.4, 0.5) is 51.2 Å². The normalized spacial score (nSPS) is 13.7. The van der Waals surface area contributed by atoms with Gasteiger partial charge < -0.3 is 32.4 Å². The molecule has 4 aromatic heterocycles. The highest BCUT2D eigenvalue weighted by Gasteiger charge is 2.26. The molecular formula is C136H93N3O4. The standard InChI is InChI=1S/C48H33NO.C46H29NO2.C42H31NO/c1-2-31-15-23-37(24-16-31)49(45-30-35-9-3-4-10-39(35)42-11-5-6-12-43(42)45)38-25-21-33(22-26-38)40-27-28-41(36-20-18-32-17-19-34(32)29-36)48-47(40)44-13-7-8-14-46(44)50-48;1-2-13-34(14-3-1)47(41-18-10-12-30-11-4-5-15-36(30)41)35-24-21-31(22-25-35)40-27-33(29-45-46(40)39-17-7-9-20-43(39)49-45)32-23-26-38-37-16-6-8-19-42(37)48-44(38)28-32;1-28-12-19-35(20-13-28)43(37-23-18-33-26-32(14-15-34(33)27-37)30-8-4-3-5-9-30)36-21-16-31(17-22-36)39-24-29(2)25-41-42(39)38-10-6-7-11-40(38)44-41/h2-16,18,20-30H,1,17,19H2;1-29H;3-27H,1-2H3/i3D,4D,5D,6D,9D,10D,11D,12D,30D;1D,2D,3D,13D,14D;3D,4D,5D,8D,9D. The smallest absolute Gasteiger partial charge is 0.143 e. The zero-order chi connectivity index (χ0) is 112. The second-order valence-corrected chi connectivity index (χ2v) is 36.0. The van der Waals surface area contributed by atoms with E-state index in [9.17, 15) is 2.74 Å². The van der Waals surface area contributed by atoms with Gasteiger partial charge in [0, 0.05) is 99.2 Å². The highest BCUT2D eigenvalue weighted by atomic mass is 16.3. The van der Waals surface area contributed by atoms with E-state index in [1.165, 1.54) is 16.7 Å². The maximum absolute atomic E-state index is 9.70. The fraction of sp³-hybridized carbons (Fsp3) is 0.0294. The van der Waals surface area contributed by atoms with Crippen molar-refractivity contribution in [2.45, 2.75) is 26.7 Å². The first-order valence-corrected chi connectivity index (χ1v) is 47.5. The van der Waals surface area contributed by atoms with Crippen LogP contribution in [0, 0.1) is 13.8 Å². The third-order valence-corrected chi connectivity index (χ3v) is 27.4. The maximum Gasteiger partial charge on any atom is 0.143 e. The van der Waals surface area contributed by atoms with Gasteiger partial charge in [0.2, 0.25) is 0 Å². The van der Waals surface area contributed by atoms with Gasteiger partial charge in [-0.25, -0.2) is 0 Å². The number of furan rings is 4. The Morgan fingerprint density at radius 3 is 1.37 bits per heavy atom. The zero-order valence-corrected chi connectivity index (χ0v) is 77.4. The second kappa shape index (κ2) is 35.8. The molecule has 27 aromatic rings. The summed E-state index contributed by atoms with van der Waals surface area (Å²) in [6.45, 7) is 8.06. The molecule has 7 nitrogen and oxygen atoms in total. The first-order valence-electron chi connectivity index (χ1n) is 57.0. The summed E-state index contributed by atoms with van der Waals surface area (Å²) in [5, 5.41) is 11.6. The molecule has 0 saturated heterocycles.